The van der Waals surface area contributed by atoms with Gasteiger partial charge in [0.2, 0.25) is 0 Å². The summed E-state index contributed by atoms with van der Waals surface area (Å²) in [6.07, 6.45) is 1.11. The van der Waals surface area contributed by atoms with Crippen molar-refractivity contribution in [2.24, 2.45) is 0 Å². The van der Waals surface area contributed by atoms with Crippen LogP contribution >= 0.6 is 0 Å². The fourth-order valence-corrected chi connectivity index (χ4v) is 2.32. The second kappa shape index (κ2) is 3.66. The molecule has 1 aromatic carbocycles. The van der Waals surface area contributed by atoms with Crippen LogP contribution in [0, 0.1) is 11.6 Å². The maximum Gasteiger partial charge on any atom is 0.343 e. The second-order valence-corrected chi connectivity index (χ2v) is 4.20. The number of fused-ring (bicyclic) bond motifs is 1. The summed E-state index contributed by atoms with van der Waals surface area (Å²) >= 11 is 0. The predicted octanol–water partition coefficient (Wildman–Crippen LogP) is 1.09. The maximum atomic E-state index is 13.3. The molecule has 0 bridgehead atoms. The van der Waals surface area contributed by atoms with Gasteiger partial charge in [0, 0.05) is 6.42 Å². The SMILES string of the molecule is O=c1[nH]nc2n1C(c1cc(F)c(O)c(F)c1)CC2. The molecule has 0 saturated heterocycles. The summed E-state index contributed by atoms with van der Waals surface area (Å²) in [7, 11) is 0. The van der Waals surface area contributed by atoms with Crippen molar-refractivity contribution in [1.82, 2.24) is 14.8 Å². The lowest BCUT2D eigenvalue weighted by molar-refractivity contribution is 0.393. The highest BCUT2D eigenvalue weighted by Gasteiger charge is 2.28. The molecule has 2 aromatic rings. The number of nitrogens with one attached hydrogen (secondary N) is 1. The van der Waals surface area contributed by atoms with Gasteiger partial charge in [-0.2, -0.15) is 5.10 Å². The van der Waals surface area contributed by atoms with Crippen LogP contribution < -0.4 is 5.69 Å². The van der Waals surface area contributed by atoms with Gasteiger partial charge in [-0.15, -0.1) is 0 Å². The first-order valence-electron chi connectivity index (χ1n) is 5.41. The van der Waals surface area contributed by atoms with Gasteiger partial charge in [0.15, 0.2) is 17.4 Å². The normalized spacial score (nSPS) is 18.0. The number of aryl methyl sites for hydroxylation is 1. The monoisotopic (exact) mass is 253 g/mol. The average molecular weight is 253 g/mol. The quantitative estimate of drug-likeness (QED) is 0.799. The summed E-state index contributed by atoms with van der Waals surface area (Å²) in [6.45, 7) is 0. The highest BCUT2D eigenvalue weighted by molar-refractivity contribution is 5.33. The summed E-state index contributed by atoms with van der Waals surface area (Å²) in [5.41, 5.74) is -0.0913. The van der Waals surface area contributed by atoms with E-state index >= 15 is 0 Å². The minimum atomic E-state index is -1.03. The van der Waals surface area contributed by atoms with Crippen LogP contribution in [0.5, 0.6) is 5.75 Å². The Morgan fingerprint density at radius 2 is 2.06 bits per heavy atom. The molecule has 0 radical (unpaired) electrons. The first kappa shape index (κ1) is 10.9. The number of hydrogen-bond donors (Lipinski definition) is 2. The van der Waals surface area contributed by atoms with E-state index in [1.807, 2.05) is 0 Å². The van der Waals surface area contributed by atoms with Crippen LogP contribution in [-0.4, -0.2) is 19.9 Å². The van der Waals surface area contributed by atoms with Gasteiger partial charge in [-0.3, -0.25) is 4.57 Å². The van der Waals surface area contributed by atoms with E-state index in [0.717, 1.165) is 12.1 Å². The minimum absolute atomic E-state index is 0.310. The van der Waals surface area contributed by atoms with Crippen LogP contribution in [0.4, 0.5) is 8.78 Å². The zero-order chi connectivity index (χ0) is 12.9. The van der Waals surface area contributed by atoms with Gasteiger partial charge in [-0.25, -0.2) is 18.7 Å². The molecule has 0 saturated carbocycles. The molecule has 18 heavy (non-hydrogen) atoms. The number of rotatable bonds is 1. The molecule has 1 atom stereocenters. The van der Waals surface area contributed by atoms with E-state index in [2.05, 4.69) is 10.2 Å². The molecule has 7 heteroatoms. The molecule has 0 spiro atoms. The van der Waals surface area contributed by atoms with Crippen LogP contribution in [0.15, 0.2) is 16.9 Å². The van der Waals surface area contributed by atoms with Crippen molar-refractivity contribution in [3.63, 3.8) is 0 Å². The lowest BCUT2D eigenvalue weighted by Gasteiger charge is -2.12. The number of H-pyrrole nitrogens is 1. The number of nitrogens with zero attached hydrogens (tertiary/aromatic N) is 2. The number of aromatic nitrogens is 3. The molecule has 5 nitrogen and oxygen atoms in total. The summed E-state index contributed by atoms with van der Waals surface area (Å²) in [4.78, 5) is 11.5. The number of aromatic amines is 1. The number of hydrogen-bond acceptors (Lipinski definition) is 3. The third kappa shape index (κ3) is 1.43. The van der Waals surface area contributed by atoms with Crippen LogP contribution in [-0.2, 0) is 6.42 Å². The lowest BCUT2D eigenvalue weighted by Crippen LogP contribution is -2.20. The molecular formula is C11H9F2N3O2. The Kier molecular flexibility index (Phi) is 2.22. The van der Waals surface area contributed by atoms with Crippen molar-refractivity contribution >= 4 is 0 Å². The van der Waals surface area contributed by atoms with Gasteiger partial charge < -0.3 is 5.11 Å². The Hall–Kier alpha value is -2.18. The van der Waals surface area contributed by atoms with Crippen molar-refractivity contribution in [2.75, 3.05) is 0 Å². The van der Waals surface area contributed by atoms with Crippen molar-refractivity contribution < 1.29 is 13.9 Å². The Bertz CT molecular complexity index is 654. The minimum Gasteiger partial charge on any atom is -0.503 e. The van der Waals surface area contributed by atoms with Gasteiger partial charge >= 0.3 is 5.69 Å². The lowest BCUT2D eigenvalue weighted by atomic mass is 10.0. The number of phenolic OH excluding ortho intramolecular Hbond substituents is 1. The molecule has 1 aliphatic rings. The van der Waals surface area contributed by atoms with Crippen molar-refractivity contribution in [2.45, 2.75) is 18.9 Å². The fraction of sp³-hybridized carbons (Fsp3) is 0.273. The summed E-state index contributed by atoms with van der Waals surface area (Å²) in [6, 6.07) is 1.63. The highest BCUT2D eigenvalue weighted by atomic mass is 19.1. The Balaban J connectivity index is 2.13. The molecule has 2 heterocycles. The number of aromatic hydroxyl groups is 1. The molecule has 1 unspecified atom stereocenters. The van der Waals surface area contributed by atoms with E-state index in [1.54, 1.807) is 0 Å². The Labute approximate surface area is 99.7 Å². The molecule has 2 N–H and O–H groups in total. The van der Waals surface area contributed by atoms with Gasteiger partial charge in [0.05, 0.1) is 6.04 Å². The van der Waals surface area contributed by atoms with Gasteiger partial charge in [-0.05, 0) is 24.1 Å². The van der Waals surface area contributed by atoms with Crippen molar-refractivity contribution in [3.05, 3.63) is 45.6 Å². The first-order chi connectivity index (χ1) is 8.58. The fourth-order valence-electron chi connectivity index (χ4n) is 2.32. The van der Waals surface area contributed by atoms with E-state index in [4.69, 9.17) is 5.11 Å². The highest BCUT2D eigenvalue weighted by Crippen LogP contribution is 2.32. The van der Waals surface area contributed by atoms with Gasteiger partial charge in [0.25, 0.3) is 0 Å². The third-order valence-corrected chi connectivity index (χ3v) is 3.15. The van der Waals surface area contributed by atoms with Crippen LogP contribution in [0.3, 0.4) is 0 Å². The Morgan fingerprint density at radius 1 is 1.39 bits per heavy atom. The number of benzene rings is 1. The van der Waals surface area contributed by atoms with Gasteiger partial charge in [0.1, 0.15) is 5.82 Å². The topological polar surface area (TPSA) is 70.9 Å². The molecule has 94 valence electrons. The second-order valence-electron chi connectivity index (χ2n) is 4.20. The zero-order valence-corrected chi connectivity index (χ0v) is 9.15. The number of phenols is 1. The van der Waals surface area contributed by atoms with Gasteiger partial charge in [-0.1, -0.05) is 0 Å². The molecule has 1 aromatic heterocycles. The molecule has 0 amide bonds. The summed E-state index contributed by atoms with van der Waals surface area (Å²) < 4.78 is 28.0. The first-order valence-corrected chi connectivity index (χ1v) is 5.41. The van der Waals surface area contributed by atoms with E-state index in [9.17, 15) is 13.6 Å². The molecule has 3 rings (SSSR count). The van der Waals surface area contributed by atoms with Crippen LogP contribution in [0.1, 0.15) is 23.9 Å². The van der Waals surface area contributed by atoms with E-state index in [-0.39, 0.29) is 0 Å². The zero-order valence-electron chi connectivity index (χ0n) is 9.15. The Morgan fingerprint density at radius 3 is 2.72 bits per heavy atom. The third-order valence-electron chi connectivity index (χ3n) is 3.15. The summed E-state index contributed by atoms with van der Waals surface area (Å²) in [5, 5.41) is 15.2. The largest absolute Gasteiger partial charge is 0.503 e. The van der Waals surface area contributed by atoms with E-state index in [0.29, 0.717) is 24.2 Å². The molecule has 0 fully saturated rings. The van der Waals surface area contributed by atoms with Crippen molar-refractivity contribution in [1.29, 1.82) is 0 Å². The maximum absolute atomic E-state index is 13.3. The van der Waals surface area contributed by atoms with Crippen LogP contribution in [0.25, 0.3) is 0 Å². The average Bonchev–Trinajstić information content (AvgIpc) is 2.89. The number of halogens is 2. The summed E-state index contributed by atoms with van der Waals surface area (Å²) in [5.74, 6) is -2.50. The smallest absolute Gasteiger partial charge is 0.343 e. The predicted molar refractivity (Wildman–Crippen MR) is 57.3 cm³/mol. The van der Waals surface area contributed by atoms with E-state index in [1.165, 1.54) is 4.57 Å². The molecule has 0 aliphatic carbocycles. The standard InChI is InChI=1S/C11H9F2N3O2/c12-6-3-5(4-7(13)10(6)17)8-1-2-9-14-15-11(18)16(8)9/h3-4,8,17H,1-2H2,(H,15,18). The van der Waals surface area contributed by atoms with E-state index < -0.39 is 29.1 Å². The molecule has 1 aliphatic heterocycles. The van der Waals surface area contributed by atoms with Crippen molar-refractivity contribution in [3.8, 4) is 5.75 Å². The van der Waals surface area contributed by atoms with Crippen LogP contribution in [0.2, 0.25) is 0 Å². The molecular weight excluding hydrogens is 244 g/mol.